The zero-order chi connectivity index (χ0) is 21.2. The minimum Gasteiger partial charge on any atom is -0.333 e. The van der Waals surface area contributed by atoms with Crippen molar-refractivity contribution in [1.82, 2.24) is 0 Å². The van der Waals surface area contributed by atoms with Crippen LogP contribution in [0.3, 0.4) is 0 Å². The maximum absolute atomic E-state index is 4.50. The van der Waals surface area contributed by atoms with Gasteiger partial charge in [-0.1, -0.05) is 82.6 Å². The number of fused-ring (bicyclic) bond motifs is 4. The molecule has 0 aliphatic carbocycles. The molecule has 2 N–H and O–H groups in total. The lowest BCUT2D eigenvalue weighted by molar-refractivity contribution is 1.09. The summed E-state index contributed by atoms with van der Waals surface area (Å²) in [5.41, 5.74) is 4.50. The molecule has 150 valence electrons. The van der Waals surface area contributed by atoms with Gasteiger partial charge >= 0.3 is 0 Å². The van der Waals surface area contributed by atoms with Crippen molar-refractivity contribution in [2.45, 2.75) is 34.1 Å². The van der Waals surface area contributed by atoms with Crippen molar-refractivity contribution in [3.63, 3.8) is 0 Å². The Hall–Kier alpha value is -2.90. The Labute approximate surface area is 175 Å². The van der Waals surface area contributed by atoms with E-state index in [1.54, 1.807) is 0 Å². The van der Waals surface area contributed by atoms with Crippen LogP contribution in [0.1, 0.15) is 34.1 Å². The van der Waals surface area contributed by atoms with Crippen LogP contribution in [0.25, 0.3) is 43.1 Å². The Bertz CT molecular complexity index is 1000. The smallest absolute Gasteiger partial charge is 0.0171 e. The molecule has 29 heavy (non-hydrogen) atoms. The molecule has 0 fully saturated rings. The highest BCUT2D eigenvalue weighted by Crippen LogP contribution is 2.29. The third-order valence-electron chi connectivity index (χ3n) is 4.52. The molecule has 0 bridgehead atoms. The van der Waals surface area contributed by atoms with Gasteiger partial charge in [0.1, 0.15) is 0 Å². The SMILES string of the molecule is CC.CCC.CN.c1ccc2cc3cc4cc5ccccc5cc4cc3cc2c1. The van der Waals surface area contributed by atoms with E-state index in [1.807, 2.05) is 13.8 Å². The molecule has 5 aromatic rings. The van der Waals surface area contributed by atoms with E-state index in [-0.39, 0.29) is 0 Å². The molecule has 1 heteroatoms. The fourth-order valence-corrected chi connectivity index (χ4v) is 3.39. The molecule has 0 aromatic heterocycles. The lowest BCUT2D eigenvalue weighted by atomic mass is 9.97. The lowest BCUT2D eigenvalue weighted by Crippen LogP contribution is -1.80. The second-order valence-corrected chi connectivity index (χ2v) is 6.65. The van der Waals surface area contributed by atoms with E-state index in [2.05, 4.69) is 105 Å². The minimum absolute atomic E-state index is 1.25. The van der Waals surface area contributed by atoms with Crippen LogP contribution in [0.5, 0.6) is 0 Å². The maximum atomic E-state index is 4.50. The Balaban J connectivity index is 0.000000387. The zero-order valence-corrected chi connectivity index (χ0v) is 18.4. The van der Waals surface area contributed by atoms with Crippen LogP contribution >= 0.6 is 0 Å². The number of hydrogen-bond donors (Lipinski definition) is 1. The molecular formula is C28H33N. The van der Waals surface area contributed by atoms with Crippen LogP contribution in [0.2, 0.25) is 0 Å². The molecule has 0 atom stereocenters. The van der Waals surface area contributed by atoms with Gasteiger partial charge in [0.25, 0.3) is 0 Å². The number of hydrogen-bond acceptors (Lipinski definition) is 1. The van der Waals surface area contributed by atoms with Gasteiger partial charge in [-0.3, -0.25) is 0 Å². The molecular weight excluding hydrogens is 350 g/mol. The summed E-state index contributed by atoms with van der Waals surface area (Å²) in [6.07, 6.45) is 1.25. The molecule has 0 heterocycles. The molecule has 0 radical (unpaired) electrons. The molecule has 0 unspecified atom stereocenters. The molecule has 5 aromatic carbocycles. The van der Waals surface area contributed by atoms with Crippen LogP contribution in [0, 0.1) is 0 Å². The fourth-order valence-electron chi connectivity index (χ4n) is 3.39. The molecule has 0 aliphatic rings. The van der Waals surface area contributed by atoms with Crippen molar-refractivity contribution < 1.29 is 0 Å². The second-order valence-electron chi connectivity index (χ2n) is 6.65. The highest BCUT2D eigenvalue weighted by Gasteiger charge is 2.02. The first-order valence-corrected chi connectivity index (χ1v) is 10.6. The van der Waals surface area contributed by atoms with Gasteiger partial charge in [-0.2, -0.15) is 0 Å². The molecule has 0 amide bonds. The van der Waals surface area contributed by atoms with Crippen molar-refractivity contribution in [2.24, 2.45) is 5.73 Å². The quantitative estimate of drug-likeness (QED) is 0.267. The first-order chi connectivity index (χ1) is 14.3. The molecule has 1 nitrogen and oxygen atoms in total. The van der Waals surface area contributed by atoms with E-state index in [0.717, 1.165) is 0 Å². The predicted molar refractivity (Wildman–Crippen MR) is 134 cm³/mol. The lowest BCUT2D eigenvalue weighted by Gasteiger charge is -2.07. The largest absolute Gasteiger partial charge is 0.333 e. The Morgan fingerprint density at radius 3 is 0.828 bits per heavy atom. The van der Waals surface area contributed by atoms with Gasteiger partial charge in [0, 0.05) is 0 Å². The topological polar surface area (TPSA) is 26.0 Å². The van der Waals surface area contributed by atoms with Crippen LogP contribution < -0.4 is 5.73 Å². The third-order valence-corrected chi connectivity index (χ3v) is 4.52. The van der Waals surface area contributed by atoms with Gasteiger partial charge in [0.15, 0.2) is 0 Å². The Morgan fingerprint density at radius 2 is 0.621 bits per heavy atom. The average Bonchev–Trinajstić information content (AvgIpc) is 2.78. The molecule has 5 rings (SSSR count). The fraction of sp³-hybridized carbons (Fsp3) is 0.214. The first kappa shape index (κ1) is 22.4. The van der Waals surface area contributed by atoms with Crippen molar-refractivity contribution >= 4 is 43.1 Å². The molecule has 0 aliphatic heterocycles. The van der Waals surface area contributed by atoms with Crippen molar-refractivity contribution in [3.05, 3.63) is 84.9 Å². The second kappa shape index (κ2) is 11.2. The van der Waals surface area contributed by atoms with Crippen LogP contribution in [-0.4, -0.2) is 7.05 Å². The molecule has 0 spiro atoms. The van der Waals surface area contributed by atoms with Crippen molar-refractivity contribution in [2.75, 3.05) is 7.05 Å². The van der Waals surface area contributed by atoms with Gasteiger partial charge in [0.05, 0.1) is 0 Å². The summed E-state index contributed by atoms with van der Waals surface area (Å²) < 4.78 is 0. The Morgan fingerprint density at radius 1 is 0.448 bits per heavy atom. The summed E-state index contributed by atoms with van der Waals surface area (Å²) in [6, 6.07) is 30.9. The van der Waals surface area contributed by atoms with E-state index in [1.165, 1.54) is 56.6 Å². The van der Waals surface area contributed by atoms with E-state index in [9.17, 15) is 0 Å². The molecule has 0 saturated heterocycles. The summed E-state index contributed by atoms with van der Waals surface area (Å²) in [5, 5.41) is 10.4. The van der Waals surface area contributed by atoms with Gasteiger partial charge in [-0.15, -0.1) is 0 Å². The average molecular weight is 384 g/mol. The van der Waals surface area contributed by atoms with Crippen LogP contribution in [-0.2, 0) is 0 Å². The van der Waals surface area contributed by atoms with Crippen molar-refractivity contribution in [3.8, 4) is 0 Å². The van der Waals surface area contributed by atoms with Gasteiger partial charge in [-0.05, 0) is 86.5 Å². The van der Waals surface area contributed by atoms with Crippen LogP contribution in [0.4, 0.5) is 0 Å². The van der Waals surface area contributed by atoms with E-state index < -0.39 is 0 Å². The Kier molecular flexibility index (Phi) is 8.64. The van der Waals surface area contributed by atoms with E-state index in [4.69, 9.17) is 0 Å². The highest BCUT2D eigenvalue weighted by molar-refractivity contribution is 6.08. The third kappa shape index (κ3) is 5.13. The normalized spacial score (nSPS) is 9.86. The monoisotopic (exact) mass is 383 g/mol. The summed E-state index contributed by atoms with van der Waals surface area (Å²) in [5.74, 6) is 0. The molecule has 0 saturated carbocycles. The summed E-state index contributed by atoms with van der Waals surface area (Å²) in [6.45, 7) is 8.25. The zero-order valence-electron chi connectivity index (χ0n) is 18.4. The maximum Gasteiger partial charge on any atom is -0.0171 e. The minimum atomic E-state index is 1.25. The van der Waals surface area contributed by atoms with Crippen molar-refractivity contribution in [1.29, 1.82) is 0 Å². The summed E-state index contributed by atoms with van der Waals surface area (Å²) in [7, 11) is 1.50. The van der Waals surface area contributed by atoms with Crippen LogP contribution in [0.15, 0.2) is 84.9 Å². The van der Waals surface area contributed by atoms with E-state index >= 15 is 0 Å². The first-order valence-electron chi connectivity index (χ1n) is 10.6. The summed E-state index contributed by atoms with van der Waals surface area (Å²) >= 11 is 0. The highest BCUT2D eigenvalue weighted by atomic mass is 14.4. The van der Waals surface area contributed by atoms with E-state index in [0.29, 0.717) is 0 Å². The van der Waals surface area contributed by atoms with Gasteiger partial charge < -0.3 is 5.73 Å². The predicted octanol–water partition coefficient (Wildman–Crippen LogP) is 8.32. The van der Waals surface area contributed by atoms with Gasteiger partial charge in [0.2, 0.25) is 0 Å². The summed E-state index contributed by atoms with van der Waals surface area (Å²) in [4.78, 5) is 0. The number of rotatable bonds is 0. The van der Waals surface area contributed by atoms with Gasteiger partial charge in [-0.25, -0.2) is 0 Å². The number of benzene rings is 5. The standard InChI is InChI=1S/C22H14.C3H8.C2H6.CH5N/c1-2-6-16-10-20-14-22-12-18-8-4-3-7-17(18)11-21(22)13-19(20)9-15(16)5-1;1-3-2;2*1-2/h1-14H;3H2,1-2H3;1-2H3;2H2,1H3. The number of nitrogens with two attached hydrogens (primary N) is 1.